The summed E-state index contributed by atoms with van der Waals surface area (Å²) in [5.74, 6) is 1.03. The minimum Gasteiger partial charge on any atom is -0.378 e. The standard InChI is InChI=1S/C19H21N5O2/c1-2-24-16-8-4-3-7-15(16)21-19(24)22-18(25)14-6-5-9-20-17(14)23-10-12-26-13-11-23/h3-9H,2,10-13H2,1H3,(H,21,22,25). The molecule has 1 aliphatic rings. The molecule has 7 heteroatoms. The van der Waals surface area contributed by atoms with E-state index in [4.69, 9.17) is 4.74 Å². The summed E-state index contributed by atoms with van der Waals surface area (Å²) in [6.07, 6.45) is 1.71. The number of aryl methyl sites for hydroxylation is 1. The van der Waals surface area contributed by atoms with Crippen molar-refractivity contribution in [1.82, 2.24) is 14.5 Å². The normalized spacial score (nSPS) is 14.6. The number of nitrogens with zero attached hydrogens (tertiary/aromatic N) is 4. The lowest BCUT2D eigenvalue weighted by molar-refractivity contribution is 0.102. The molecule has 1 aromatic carbocycles. The molecule has 0 atom stereocenters. The van der Waals surface area contributed by atoms with Crippen molar-refractivity contribution in [3.05, 3.63) is 48.2 Å². The maximum absolute atomic E-state index is 13.0. The fraction of sp³-hybridized carbons (Fsp3) is 0.316. The number of morpholine rings is 1. The maximum Gasteiger partial charge on any atom is 0.261 e. The van der Waals surface area contributed by atoms with Crippen molar-refractivity contribution in [3.8, 4) is 0 Å². The van der Waals surface area contributed by atoms with Crippen LogP contribution in [0.25, 0.3) is 11.0 Å². The summed E-state index contributed by atoms with van der Waals surface area (Å²) >= 11 is 0. The quantitative estimate of drug-likeness (QED) is 0.782. The SMILES string of the molecule is CCn1c(NC(=O)c2cccnc2N2CCOCC2)nc2ccccc21. The number of para-hydroxylation sites is 2. The molecule has 0 aliphatic carbocycles. The fourth-order valence-corrected chi connectivity index (χ4v) is 3.26. The van der Waals surface area contributed by atoms with Gasteiger partial charge in [0.05, 0.1) is 29.8 Å². The smallest absolute Gasteiger partial charge is 0.261 e. The molecule has 0 spiro atoms. The third kappa shape index (κ3) is 3.01. The van der Waals surface area contributed by atoms with Gasteiger partial charge in [-0.05, 0) is 31.2 Å². The molecule has 1 aliphatic heterocycles. The van der Waals surface area contributed by atoms with Gasteiger partial charge in [-0.3, -0.25) is 10.1 Å². The van der Waals surface area contributed by atoms with Gasteiger partial charge in [0.25, 0.3) is 5.91 Å². The van der Waals surface area contributed by atoms with Crippen molar-refractivity contribution in [2.24, 2.45) is 0 Å². The first-order valence-electron chi connectivity index (χ1n) is 8.82. The lowest BCUT2D eigenvalue weighted by Crippen LogP contribution is -2.38. The minimum atomic E-state index is -0.204. The number of benzene rings is 1. The number of pyridine rings is 1. The van der Waals surface area contributed by atoms with Gasteiger partial charge in [-0.2, -0.15) is 0 Å². The van der Waals surface area contributed by atoms with Gasteiger partial charge in [0.2, 0.25) is 5.95 Å². The second-order valence-electron chi connectivity index (χ2n) is 6.10. The van der Waals surface area contributed by atoms with Gasteiger partial charge in [-0.1, -0.05) is 12.1 Å². The molecule has 26 heavy (non-hydrogen) atoms. The molecular formula is C19H21N5O2. The molecule has 3 heterocycles. The van der Waals surface area contributed by atoms with Crippen LogP contribution in [0.2, 0.25) is 0 Å². The number of ether oxygens (including phenoxy) is 1. The first kappa shape index (κ1) is 16.5. The molecular weight excluding hydrogens is 330 g/mol. The van der Waals surface area contributed by atoms with Crippen molar-refractivity contribution in [3.63, 3.8) is 0 Å². The summed E-state index contributed by atoms with van der Waals surface area (Å²) < 4.78 is 7.40. The number of imidazole rings is 1. The Labute approximate surface area is 151 Å². The first-order valence-corrected chi connectivity index (χ1v) is 8.82. The largest absolute Gasteiger partial charge is 0.378 e. The first-order chi connectivity index (χ1) is 12.8. The number of fused-ring (bicyclic) bond motifs is 1. The summed E-state index contributed by atoms with van der Waals surface area (Å²) in [4.78, 5) is 24.0. The average Bonchev–Trinajstić information content (AvgIpc) is 3.05. The minimum absolute atomic E-state index is 0.204. The Morgan fingerprint density at radius 1 is 1.19 bits per heavy atom. The van der Waals surface area contributed by atoms with Gasteiger partial charge in [0.15, 0.2) is 0 Å². The Bertz CT molecular complexity index is 931. The van der Waals surface area contributed by atoms with Gasteiger partial charge in [0, 0.05) is 25.8 Å². The van der Waals surface area contributed by atoms with Crippen molar-refractivity contribution < 1.29 is 9.53 Å². The van der Waals surface area contributed by atoms with E-state index in [1.54, 1.807) is 18.3 Å². The van der Waals surface area contributed by atoms with Crippen LogP contribution in [-0.4, -0.2) is 46.7 Å². The van der Waals surface area contributed by atoms with Gasteiger partial charge in [0.1, 0.15) is 5.82 Å². The van der Waals surface area contributed by atoms with E-state index in [9.17, 15) is 4.79 Å². The lowest BCUT2D eigenvalue weighted by atomic mass is 10.2. The number of rotatable bonds is 4. The van der Waals surface area contributed by atoms with Crippen molar-refractivity contribution in [2.75, 3.05) is 36.5 Å². The molecule has 0 bridgehead atoms. The second kappa shape index (κ2) is 7.13. The van der Waals surface area contributed by atoms with Gasteiger partial charge in [-0.25, -0.2) is 9.97 Å². The Morgan fingerprint density at radius 2 is 2.00 bits per heavy atom. The Hall–Kier alpha value is -2.93. The summed E-state index contributed by atoms with van der Waals surface area (Å²) in [6.45, 7) is 5.49. The van der Waals surface area contributed by atoms with Gasteiger partial charge in [-0.15, -0.1) is 0 Å². The number of amides is 1. The molecule has 0 unspecified atom stereocenters. The summed E-state index contributed by atoms with van der Waals surface area (Å²) in [6, 6.07) is 11.4. The zero-order chi connectivity index (χ0) is 17.9. The van der Waals surface area contributed by atoms with E-state index in [1.165, 1.54) is 0 Å². The van der Waals surface area contributed by atoms with E-state index in [2.05, 4.69) is 20.2 Å². The van der Waals surface area contributed by atoms with Gasteiger partial charge >= 0.3 is 0 Å². The molecule has 1 amide bonds. The summed E-state index contributed by atoms with van der Waals surface area (Å²) in [7, 11) is 0. The third-order valence-electron chi connectivity index (χ3n) is 4.54. The number of anilines is 2. The highest BCUT2D eigenvalue weighted by Gasteiger charge is 2.21. The molecule has 1 saturated heterocycles. The predicted octanol–water partition coefficient (Wildman–Crippen LogP) is 2.54. The zero-order valence-corrected chi connectivity index (χ0v) is 14.7. The van der Waals surface area contributed by atoms with Crippen LogP contribution in [0.5, 0.6) is 0 Å². The van der Waals surface area contributed by atoms with Crippen LogP contribution in [0, 0.1) is 0 Å². The van der Waals surface area contributed by atoms with Crippen LogP contribution in [-0.2, 0) is 11.3 Å². The molecule has 7 nitrogen and oxygen atoms in total. The predicted molar refractivity (Wildman–Crippen MR) is 101 cm³/mol. The molecule has 0 saturated carbocycles. The van der Waals surface area contributed by atoms with E-state index in [0.717, 1.165) is 30.7 Å². The van der Waals surface area contributed by atoms with E-state index in [0.29, 0.717) is 30.5 Å². The van der Waals surface area contributed by atoms with Crippen LogP contribution in [0.1, 0.15) is 17.3 Å². The molecule has 1 fully saturated rings. The lowest BCUT2D eigenvalue weighted by Gasteiger charge is -2.29. The monoisotopic (exact) mass is 351 g/mol. The number of aromatic nitrogens is 3. The highest BCUT2D eigenvalue weighted by atomic mass is 16.5. The van der Waals surface area contributed by atoms with Crippen LogP contribution in [0.15, 0.2) is 42.6 Å². The number of carbonyl (C=O) groups excluding carboxylic acids is 1. The summed E-state index contributed by atoms with van der Waals surface area (Å²) in [5.41, 5.74) is 2.42. The Balaban J connectivity index is 1.65. The number of carbonyl (C=O) groups is 1. The molecule has 1 N–H and O–H groups in total. The van der Waals surface area contributed by atoms with E-state index in [-0.39, 0.29) is 5.91 Å². The number of nitrogens with one attached hydrogen (secondary N) is 1. The second-order valence-corrected chi connectivity index (χ2v) is 6.10. The molecule has 4 rings (SSSR count). The topological polar surface area (TPSA) is 72.3 Å². The van der Waals surface area contributed by atoms with E-state index < -0.39 is 0 Å². The Morgan fingerprint density at radius 3 is 2.81 bits per heavy atom. The van der Waals surface area contributed by atoms with Crippen LogP contribution in [0.3, 0.4) is 0 Å². The van der Waals surface area contributed by atoms with Crippen molar-refractivity contribution in [1.29, 1.82) is 0 Å². The molecule has 2 aromatic heterocycles. The number of hydrogen-bond acceptors (Lipinski definition) is 5. The van der Waals surface area contributed by atoms with Crippen LogP contribution >= 0.6 is 0 Å². The summed E-state index contributed by atoms with van der Waals surface area (Å²) in [5, 5.41) is 2.96. The zero-order valence-electron chi connectivity index (χ0n) is 14.7. The van der Waals surface area contributed by atoms with Crippen molar-refractivity contribution >= 4 is 28.7 Å². The maximum atomic E-state index is 13.0. The average molecular weight is 351 g/mol. The number of hydrogen-bond donors (Lipinski definition) is 1. The van der Waals surface area contributed by atoms with E-state index >= 15 is 0 Å². The van der Waals surface area contributed by atoms with Crippen LogP contribution in [0.4, 0.5) is 11.8 Å². The molecule has 134 valence electrons. The van der Waals surface area contributed by atoms with Crippen molar-refractivity contribution in [2.45, 2.75) is 13.5 Å². The highest BCUT2D eigenvalue weighted by molar-refractivity contribution is 6.07. The highest BCUT2D eigenvalue weighted by Crippen LogP contribution is 2.22. The van der Waals surface area contributed by atoms with Crippen LogP contribution < -0.4 is 10.2 Å². The third-order valence-corrected chi connectivity index (χ3v) is 4.54. The Kier molecular flexibility index (Phi) is 4.53. The van der Waals surface area contributed by atoms with Gasteiger partial charge < -0.3 is 14.2 Å². The fourth-order valence-electron chi connectivity index (χ4n) is 3.26. The molecule has 3 aromatic rings. The van der Waals surface area contributed by atoms with E-state index in [1.807, 2.05) is 35.8 Å². The molecule has 0 radical (unpaired) electrons.